The molecule has 0 spiro atoms. The maximum absolute atomic E-state index is 2.80. The summed E-state index contributed by atoms with van der Waals surface area (Å²) in [5.74, 6) is 0. The fourth-order valence-corrected chi connectivity index (χ4v) is 17.6. The summed E-state index contributed by atoms with van der Waals surface area (Å²) in [6.45, 7) is 42.4. The Morgan fingerprint density at radius 2 is 0.479 bits per heavy atom. The van der Waals surface area contributed by atoms with E-state index in [0.717, 1.165) is 0 Å². The Kier molecular flexibility index (Phi) is 11.9. The van der Waals surface area contributed by atoms with Gasteiger partial charge in [0.15, 0.2) is 0 Å². The lowest BCUT2D eigenvalue weighted by Crippen LogP contribution is -2.64. The van der Waals surface area contributed by atoms with Crippen molar-refractivity contribution >= 4 is 129 Å². The summed E-state index contributed by atoms with van der Waals surface area (Å²) < 4.78 is 8.40. The molecule has 4 aliphatic heterocycles. The lowest BCUT2D eigenvalue weighted by atomic mass is 9.31. The zero-order valence-electron chi connectivity index (χ0n) is 59.4. The van der Waals surface area contributed by atoms with Gasteiger partial charge in [-0.05, 0) is 195 Å². The van der Waals surface area contributed by atoms with Crippen LogP contribution in [0.4, 0.5) is 17.1 Å². The maximum atomic E-state index is 2.80. The van der Waals surface area contributed by atoms with Crippen LogP contribution in [-0.4, -0.2) is 27.1 Å². The Balaban J connectivity index is 1.19. The summed E-state index contributed by atoms with van der Waals surface area (Å²) in [5, 5.41) is 7.63. The first-order chi connectivity index (χ1) is 45.5. The zero-order chi connectivity index (χ0) is 66.7. The van der Waals surface area contributed by atoms with E-state index in [1.165, 1.54) is 188 Å². The van der Waals surface area contributed by atoms with Gasteiger partial charge in [-0.2, -0.15) is 0 Å². The van der Waals surface area contributed by atoms with E-state index in [9.17, 15) is 0 Å². The van der Waals surface area contributed by atoms with Crippen molar-refractivity contribution in [3.8, 4) is 39.3 Å². The Bertz CT molecular complexity index is 5300. The number of hydrogen-bond donors (Lipinski definition) is 0. The van der Waals surface area contributed by atoms with Crippen LogP contribution in [0.5, 0.6) is 0 Å². The van der Waals surface area contributed by atoms with Crippen LogP contribution in [-0.2, 0) is 32.5 Å². The van der Waals surface area contributed by atoms with Crippen molar-refractivity contribution in [1.82, 2.24) is 13.7 Å². The fourth-order valence-electron chi connectivity index (χ4n) is 17.6. The predicted molar refractivity (Wildman–Crippen MR) is 417 cm³/mol. The second kappa shape index (κ2) is 19.3. The molecule has 18 rings (SSSR count). The van der Waals surface area contributed by atoms with Crippen molar-refractivity contribution in [1.29, 1.82) is 0 Å². The van der Waals surface area contributed by atoms with E-state index in [2.05, 4.69) is 337 Å². The van der Waals surface area contributed by atoms with Gasteiger partial charge in [-0.15, -0.1) is 0 Å². The number of rotatable bonds is 3. The highest BCUT2D eigenvalue weighted by atomic mass is 15.2. The molecule has 0 fully saturated rings. The minimum absolute atomic E-state index is 0.102. The summed E-state index contributed by atoms with van der Waals surface area (Å²) in [7, 11) is 0. The van der Waals surface area contributed by atoms with E-state index in [4.69, 9.17) is 0 Å². The third-order valence-electron chi connectivity index (χ3n) is 22.8. The molecule has 11 aromatic carbocycles. The quantitative estimate of drug-likeness (QED) is 0.161. The molecule has 0 N–H and O–H groups in total. The van der Waals surface area contributed by atoms with E-state index < -0.39 is 0 Å². The van der Waals surface area contributed by atoms with Crippen LogP contribution >= 0.6 is 0 Å². The van der Waals surface area contributed by atoms with E-state index >= 15 is 0 Å². The smallest absolute Gasteiger partial charge is 0.251 e. The Morgan fingerprint density at radius 1 is 0.229 bits per heavy atom. The van der Waals surface area contributed by atoms with Crippen molar-refractivity contribution < 1.29 is 0 Å². The van der Waals surface area contributed by atoms with Gasteiger partial charge in [-0.3, -0.25) is 0 Å². The molecular weight excluding hydrogens is 1160 g/mol. The molecule has 14 aromatic rings. The first kappa shape index (κ1) is 59.3. The molecule has 0 atom stereocenters. The highest BCUT2D eigenvalue weighted by Crippen LogP contribution is 2.52. The van der Waals surface area contributed by atoms with Gasteiger partial charge >= 0.3 is 0 Å². The molecule has 7 heterocycles. The van der Waals surface area contributed by atoms with Crippen molar-refractivity contribution in [2.24, 2.45) is 0 Å². The van der Waals surface area contributed by atoms with Crippen LogP contribution in [0, 0.1) is 0 Å². The Hall–Kier alpha value is -9.25. The predicted octanol–water partition coefficient (Wildman–Crippen LogP) is 19.9. The second-order valence-corrected chi connectivity index (χ2v) is 35.0. The first-order valence-corrected chi connectivity index (χ1v) is 35.2. The van der Waals surface area contributed by atoms with Crippen LogP contribution in [0.1, 0.15) is 158 Å². The summed E-state index contributed by atoms with van der Waals surface area (Å²) in [4.78, 5) is 2.79. The zero-order valence-corrected chi connectivity index (χ0v) is 59.4. The highest BCUT2D eigenvalue weighted by molar-refractivity contribution is 7.06. The topological polar surface area (TPSA) is 18.0 Å². The minimum atomic E-state index is -0.147. The first-order valence-electron chi connectivity index (χ1n) is 35.2. The number of nitrogens with zero attached hydrogens (tertiary/aromatic N) is 4. The lowest BCUT2D eigenvalue weighted by molar-refractivity contribution is 0.590. The largest absolute Gasteiger partial charge is 0.312 e. The number of fused-ring (bicyclic) bond motifs is 19. The van der Waals surface area contributed by atoms with E-state index in [0.29, 0.717) is 0 Å². The van der Waals surface area contributed by atoms with Crippen molar-refractivity contribution in [2.45, 2.75) is 157 Å². The van der Waals surface area contributed by atoms with Crippen LogP contribution in [0.3, 0.4) is 0 Å². The van der Waals surface area contributed by atoms with Gasteiger partial charge in [0.2, 0.25) is 0 Å². The molecule has 3 aromatic heterocycles. The summed E-state index contributed by atoms with van der Waals surface area (Å²) in [5.41, 5.74) is 35.3. The summed E-state index contributed by atoms with van der Waals surface area (Å²) in [6, 6.07) is 78.3. The third kappa shape index (κ3) is 8.11. The van der Waals surface area contributed by atoms with Crippen molar-refractivity contribution in [3.05, 3.63) is 228 Å². The maximum Gasteiger partial charge on any atom is 0.251 e. The third-order valence-corrected chi connectivity index (χ3v) is 22.8. The summed E-state index contributed by atoms with van der Waals surface area (Å²) in [6.07, 6.45) is 0. The highest BCUT2D eigenvalue weighted by Gasteiger charge is 2.54. The molecule has 4 aliphatic rings. The number of aromatic nitrogens is 3. The summed E-state index contributed by atoms with van der Waals surface area (Å²) >= 11 is 0. The normalized spacial score (nSPS) is 14.3. The Morgan fingerprint density at radius 3 is 0.750 bits per heavy atom. The van der Waals surface area contributed by atoms with Crippen molar-refractivity contribution in [3.63, 3.8) is 0 Å². The van der Waals surface area contributed by atoms with Crippen LogP contribution in [0.25, 0.3) is 105 Å². The van der Waals surface area contributed by atoms with Gasteiger partial charge < -0.3 is 18.6 Å². The van der Waals surface area contributed by atoms with Gasteiger partial charge in [0.25, 0.3) is 13.4 Å². The molecule has 0 saturated heterocycles. The van der Waals surface area contributed by atoms with Gasteiger partial charge in [0.05, 0.1) is 50.2 Å². The van der Waals surface area contributed by atoms with Gasteiger partial charge in [-0.25, -0.2) is 0 Å². The molecule has 0 saturated carbocycles. The molecule has 472 valence electrons. The molecule has 0 aliphatic carbocycles. The van der Waals surface area contributed by atoms with Crippen molar-refractivity contribution in [2.75, 3.05) is 4.90 Å². The fraction of sp³-hybridized carbons (Fsp3) is 0.267. The van der Waals surface area contributed by atoms with E-state index in [-0.39, 0.29) is 45.9 Å². The number of benzene rings is 11. The van der Waals surface area contributed by atoms with Gasteiger partial charge in [0.1, 0.15) is 0 Å². The van der Waals surface area contributed by atoms with E-state index in [1.807, 2.05) is 0 Å². The molecule has 6 heteroatoms. The Labute approximate surface area is 567 Å². The standard InChI is InChI=1S/C90H86B2N4/c1-85(2,3)51-33-39-69-61(45-51)62-46-52(86(4,5)6)34-40-70(62)93(69)82-79-81-80(92-68-30-22-20-26-58(68)60-28-24-32-76(78(60)92)96(81)75-31-23-27-59-57-25-19-21-29-67(57)91(79)77(59)75)83(94-71-41-35-53(87(7,8)9)47-63(71)64-48-54(88(10,11)12)36-42-72(64)94)84(82)95-73-43-37-55(89(13,14)15)49-65(73)66-50-56(90(16,17)18)38-44-74(66)95/h19-50H,1-18H3. The monoisotopic (exact) mass is 1240 g/mol. The lowest BCUT2D eigenvalue weighted by Gasteiger charge is -2.45. The average Bonchev–Trinajstić information content (AvgIpc) is 1.41. The molecule has 0 radical (unpaired) electrons. The second-order valence-electron chi connectivity index (χ2n) is 35.0. The van der Waals surface area contributed by atoms with Crippen LogP contribution < -0.4 is 37.7 Å². The molecule has 96 heavy (non-hydrogen) atoms. The number of anilines is 3. The van der Waals surface area contributed by atoms with Crippen LogP contribution in [0.2, 0.25) is 0 Å². The molecule has 4 nitrogen and oxygen atoms in total. The molecule has 0 bridgehead atoms. The molecule has 0 amide bonds. The van der Waals surface area contributed by atoms with Gasteiger partial charge in [-0.1, -0.05) is 245 Å². The SMILES string of the molecule is CC(C)(C)c1ccc2c(c1)c1cc(C(C)(C)C)ccc1n2-c1c2c3c(c(-n4c5ccc(C(C)(C)C)cc5c5cc(C(C)(C)C)ccc54)c1-n1c4ccc(C(C)(C)C)cc4c4cc(C(C)(C)C)ccc41)B1c4ccccc4-c4cccc(c41)N3c1cccc3c1B2c1ccccc1-3. The average molecular weight is 1250 g/mol. The number of hydrogen-bond acceptors (Lipinski definition) is 1. The van der Waals surface area contributed by atoms with E-state index in [1.54, 1.807) is 0 Å². The van der Waals surface area contributed by atoms with Gasteiger partial charge in [0, 0.05) is 49.4 Å². The minimum Gasteiger partial charge on any atom is -0.312 e. The van der Waals surface area contributed by atoms with Crippen LogP contribution in [0.15, 0.2) is 194 Å². The molecular formula is C90H86B2N4. The molecule has 0 unspecified atom stereocenters.